The predicted molar refractivity (Wildman–Crippen MR) is 73.3 cm³/mol. The molecule has 0 bridgehead atoms. The van der Waals surface area contributed by atoms with Crippen LogP contribution in [0.15, 0.2) is 34.2 Å². The predicted octanol–water partition coefficient (Wildman–Crippen LogP) is 5.10. The number of hydrogen-bond acceptors (Lipinski definition) is 3. The summed E-state index contributed by atoms with van der Waals surface area (Å²) in [5.74, 6) is -0.156. The van der Waals surface area contributed by atoms with Crippen LogP contribution in [0.5, 0.6) is 0 Å². The number of pyridine rings is 1. The van der Waals surface area contributed by atoms with Crippen LogP contribution in [0.4, 0.5) is 19.0 Å². The van der Waals surface area contributed by atoms with Crippen LogP contribution in [0.25, 0.3) is 0 Å². The maximum atomic E-state index is 12.9. The van der Waals surface area contributed by atoms with Crippen LogP contribution < -0.4 is 5.32 Å². The molecular weight excluding hydrogens is 341 g/mol. The molecule has 0 saturated heterocycles. The zero-order valence-electron chi connectivity index (χ0n) is 9.83. The van der Waals surface area contributed by atoms with Gasteiger partial charge in [0.2, 0.25) is 0 Å². The van der Waals surface area contributed by atoms with E-state index in [1.807, 2.05) is 17.5 Å². The fraction of sp³-hybridized carbons (Fsp3) is 0.250. The Morgan fingerprint density at radius 1 is 1.42 bits per heavy atom. The third kappa shape index (κ3) is 3.48. The molecule has 0 amide bonds. The summed E-state index contributed by atoms with van der Waals surface area (Å²) in [7, 11) is 0. The van der Waals surface area contributed by atoms with Crippen molar-refractivity contribution < 1.29 is 13.2 Å². The lowest BCUT2D eigenvalue weighted by molar-refractivity contribution is -0.137. The van der Waals surface area contributed by atoms with Crippen molar-refractivity contribution in [2.24, 2.45) is 0 Å². The number of nitrogens with one attached hydrogen (secondary N) is 1. The summed E-state index contributed by atoms with van der Waals surface area (Å²) in [4.78, 5) is 4.78. The Balaban J connectivity index is 2.30. The molecule has 2 rings (SSSR count). The number of nitrogens with zero attached hydrogens (tertiary/aromatic N) is 1. The van der Waals surface area contributed by atoms with Crippen LogP contribution in [-0.2, 0) is 6.18 Å². The molecular formula is C12H10BrF3N2S. The van der Waals surface area contributed by atoms with E-state index in [0.29, 0.717) is 4.47 Å². The molecule has 1 atom stereocenters. The van der Waals surface area contributed by atoms with Gasteiger partial charge in [0, 0.05) is 15.5 Å². The van der Waals surface area contributed by atoms with Crippen molar-refractivity contribution >= 4 is 33.1 Å². The number of aromatic nitrogens is 1. The van der Waals surface area contributed by atoms with Crippen LogP contribution in [-0.4, -0.2) is 4.98 Å². The van der Waals surface area contributed by atoms with E-state index in [1.165, 1.54) is 17.5 Å². The molecule has 7 heteroatoms. The second-order valence-electron chi connectivity index (χ2n) is 3.93. The molecule has 0 radical (unpaired) electrons. The van der Waals surface area contributed by atoms with E-state index < -0.39 is 11.7 Å². The largest absolute Gasteiger partial charge is 0.419 e. The Morgan fingerprint density at radius 3 is 2.74 bits per heavy atom. The average molecular weight is 351 g/mol. The first-order chi connectivity index (χ1) is 8.88. The maximum Gasteiger partial charge on any atom is 0.419 e. The van der Waals surface area contributed by atoms with Gasteiger partial charge in [-0.3, -0.25) is 0 Å². The lowest BCUT2D eigenvalue weighted by atomic mass is 10.2. The maximum absolute atomic E-state index is 12.9. The van der Waals surface area contributed by atoms with E-state index in [9.17, 15) is 13.2 Å². The standard InChI is InChI=1S/C12H10BrF3N2S/c1-7(10-3-2-4-19-10)18-11-9(12(14,15)16)5-8(13)6-17-11/h2-7H,1H3,(H,17,18). The fourth-order valence-electron chi connectivity index (χ4n) is 1.58. The minimum Gasteiger partial charge on any atom is -0.362 e. The summed E-state index contributed by atoms with van der Waals surface area (Å²) < 4.78 is 39.1. The number of halogens is 4. The molecule has 2 aromatic heterocycles. The van der Waals surface area contributed by atoms with Gasteiger partial charge in [-0.2, -0.15) is 13.2 Å². The van der Waals surface area contributed by atoms with E-state index in [0.717, 1.165) is 10.9 Å². The summed E-state index contributed by atoms with van der Waals surface area (Å²) in [6, 6.07) is 4.53. The third-order valence-corrected chi connectivity index (χ3v) is 3.97. The Kier molecular flexibility index (Phi) is 4.15. The number of rotatable bonds is 3. The second kappa shape index (κ2) is 5.50. The summed E-state index contributed by atoms with van der Waals surface area (Å²) in [5.41, 5.74) is -0.773. The van der Waals surface area contributed by atoms with E-state index in [-0.39, 0.29) is 11.9 Å². The highest BCUT2D eigenvalue weighted by atomic mass is 79.9. The van der Waals surface area contributed by atoms with E-state index in [1.54, 1.807) is 6.92 Å². The molecule has 2 heterocycles. The molecule has 0 fully saturated rings. The van der Waals surface area contributed by atoms with Crippen LogP contribution in [0.2, 0.25) is 0 Å². The lowest BCUT2D eigenvalue weighted by Gasteiger charge is -2.17. The molecule has 19 heavy (non-hydrogen) atoms. The summed E-state index contributed by atoms with van der Waals surface area (Å²) in [6.45, 7) is 1.80. The molecule has 0 spiro atoms. The van der Waals surface area contributed by atoms with E-state index >= 15 is 0 Å². The molecule has 2 nitrogen and oxygen atoms in total. The molecule has 1 unspecified atom stereocenters. The SMILES string of the molecule is CC(Nc1ncc(Br)cc1C(F)(F)F)c1cccs1. The van der Waals surface area contributed by atoms with Gasteiger partial charge in [-0.05, 0) is 40.4 Å². The van der Waals surface area contributed by atoms with Crippen LogP contribution >= 0.6 is 27.3 Å². The van der Waals surface area contributed by atoms with Crippen LogP contribution in [0.1, 0.15) is 23.4 Å². The Morgan fingerprint density at radius 2 is 2.16 bits per heavy atom. The quantitative estimate of drug-likeness (QED) is 0.833. The van der Waals surface area contributed by atoms with Crippen LogP contribution in [0, 0.1) is 0 Å². The molecule has 0 aliphatic rings. The van der Waals surface area contributed by atoms with Crippen molar-refractivity contribution in [1.29, 1.82) is 0 Å². The first-order valence-electron chi connectivity index (χ1n) is 5.40. The topological polar surface area (TPSA) is 24.9 Å². The van der Waals surface area contributed by atoms with Gasteiger partial charge in [0.1, 0.15) is 5.82 Å². The fourth-order valence-corrected chi connectivity index (χ4v) is 2.65. The van der Waals surface area contributed by atoms with Crippen molar-refractivity contribution in [3.8, 4) is 0 Å². The number of alkyl halides is 3. The first-order valence-corrected chi connectivity index (χ1v) is 7.08. The van der Waals surface area contributed by atoms with Crippen molar-refractivity contribution in [2.45, 2.75) is 19.1 Å². The molecule has 1 N–H and O–H groups in total. The van der Waals surface area contributed by atoms with Gasteiger partial charge in [0.25, 0.3) is 0 Å². The van der Waals surface area contributed by atoms with Gasteiger partial charge < -0.3 is 5.32 Å². The van der Waals surface area contributed by atoms with Gasteiger partial charge in [-0.25, -0.2) is 4.98 Å². The van der Waals surface area contributed by atoms with Gasteiger partial charge in [-0.15, -0.1) is 11.3 Å². The lowest BCUT2D eigenvalue weighted by Crippen LogP contribution is -2.14. The first kappa shape index (κ1) is 14.3. The van der Waals surface area contributed by atoms with Crippen molar-refractivity contribution in [3.63, 3.8) is 0 Å². The van der Waals surface area contributed by atoms with Crippen molar-refractivity contribution in [1.82, 2.24) is 4.98 Å². The zero-order valence-corrected chi connectivity index (χ0v) is 12.2. The molecule has 0 saturated carbocycles. The highest BCUT2D eigenvalue weighted by molar-refractivity contribution is 9.10. The summed E-state index contributed by atoms with van der Waals surface area (Å²) in [5, 5.41) is 4.69. The smallest absolute Gasteiger partial charge is 0.362 e. The highest BCUT2D eigenvalue weighted by Gasteiger charge is 2.35. The van der Waals surface area contributed by atoms with Gasteiger partial charge >= 0.3 is 6.18 Å². The monoisotopic (exact) mass is 350 g/mol. The molecule has 0 aliphatic carbocycles. The van der Waals surface area contributed by atoms with Gasteiger partial charge in [0.05, 0.1) is 11.6 Å². The Labute approximate surface area is 120 Å². The summed E-state index contributed by atoms with van der Waals surface area (Å²) in [6.07, 6.45) is -3.09. The molecule has 2 aromatic rings. The molecule has 0 aliphatic heterocycles. The zero-order chi connectivity index (χ0) is 14.0. The van der Waals surface area contributed by atoms with Gasteiger partial charge in [0.15, 0.2) is 0 Å². The third-order valence-electron chi connectivity index (χ3n) is 2.48. The van der Waals surface area contributed by atoms with E-state index in [2.05, 4.69) is 26.2 Å². The minimum atomic E-state index is -4.44. The van der Waals surface area contributed by atoms with Crippen molar-refractivity contribution in [3.05, 3.63) is 44.7 Å². The van der Waals surface area contributed by atoms with Gasteiger partial charge in [-0.1, -0.05) is 6.07 Å². The number of anilines is 1. The molecule has 102 valence electrons. The average Bonchev–Trinajstić information content (AvgIpc) is 2.83. The van der Waals surface area contributed by atoms with Crippen LogP contribution in [0.3, 0.4) is 0 Å². The van der Waals surface area contributed by atoms with E-state index in [4.69, 9.17) is 0 Å². The summed E-state index contributed by atoms with van der Waals surface area (Å²) >= 11 is 4.49. The normalized spacial score (nSPS) is 13.3. The molecule has 0 aromatic carbocycles. The number of hydrogen-bond donors (Lipinski definition) is 1. The number of thiophene rings is 1. The second-order valence-corrected chi connectivity index (χ2v) is 5.82. The highest BCUT2D eigenvalue weighted by Crippen LogP contribution is 2.36. The van der Waals surface area contributed by atoms with Crippen molar-refractivity contribution in [2.75, 3.05) is 5.32 Å². The minimum absolute atomic E-state index is 0.156. The Hall–Kier alpha value is -1.08. The Bertz CT molecular complexity index is 555.